The molecule has 1 saturated heterocycles. The van der Waals surface area contributed by atoms with Gasteiger partial charge in [0.15, 0.2) is 12.2 Å². The summed E-state index contributed by atoms with van der Waals surface area (Å²) in [6, 6.07) is 7.72. The highest BCUT2D eigenvalue weighted by molar-refractivity contribution is 5.84. The lowest BCUT2D eigenvalue weighted by atomic mass is 9.96. The van der Waals surface area contributed by atoms with Crippen LogP contribution in [0.2, 0.25) is 0 Å². The predicted octanol–water partition coefficient (Wildman–Crippen LogP) is 0.612. The lowest BCUT2D eigenvalue weighted by Gasteiger charge is -2.35. The Morgan fingerprint density at radius 1 is 1.19 bits per heavy atom. The van der Waals surface area contributed by atoms with Crippen LogP contribution in [0.5, 0.6) is 0 Å². The topological polar surface area (TPSA) is 76.1 Å². The highest BCUT2D eigenvalue weighted by Gasteiger charge is 2.35. The van der Waals surface area contributed by atoms with E-state index in [1.165, 1.54) is 4.90 Å². The molecule has 1 N–H and O–H groups in total. The SMILES string of the molecule is O=C(O)[C@H]1CN(C(=O)[C@@H]2OCCc3ccccc32)CCO1. The van der Waals surface area contributed by atoms with Crippen molar-refractivity contribution in [2.75, 3.05) is 26.3 Å². The van der Waals surface area contributed by atoms with Crippen molar-refractivity contribution in [1.82, 2.24) is 4.90 Å². The number of nitrogens with zero attached hydrogens (tertiary/aromatic N) is 1. The van der Waals surface area contributed by atoms with E-state index < -0.39 is 18.2 Å². The van der Waals surface area contributed by atoms with E-state index in [2.05, 4.69) is 0 Å². The number of rotatable bonds is 2. The van der Waals surface area contributed by atoms with Gasteiger partial charge in [0.25, 0.3) is 5.91 Å². The number of carbonyl (C=O) groups excluding carboxylic acids is 1. The average molecular weight is 291 g/mol. The summed E-state index contributed by atoms with van der Waals surface area (Å²) in [7, 11) is 0. The maximum Gasteiger partial charge on any atom is 0.334 e. The van der Waals surface area contributed by atoms with Crippen molar-refractivity contribution in [2.24, 2.45) is 0 Å². The highest BCUT2D eigenvalue weighted by Crippen LogP contribution is 2.29. The molecule has 1 aromatic rings. The van der Waals surface area contributed by atoms with Crippen LogP contribution in [0.15, 0.2) is 24.3 Å². The van der Waals surface area contributed by atoms with Gasteiger partial charge in [-0.05, 0) is 17.5 Å². The van der Waals surface area contributed by atoms with Crippen LogP contribution in [0, 0.1) is 0 Å². The summed E-state index contributed by atoms with van der Waals surface area (Å²) in [6.45, 7) is 1.19. The standard InChI is InChI=1S/C15H17NO5/c17-14(16-6-8-20-12(9-16)15(18)19)13-11-4-2-1-3-10(11)5-7-21-13/h1-4,12-13H,5-9H2,(H,18,19)/t12-,13-/m1/s1. The first-order valence-corrected chi connectivity index (χ1v) is 6.99. The third-order valence-electron chi connectivity index (χ3n) is 3.87. The molecule has 0 bridgehead atoms. The zero-order valence-corrected chi connectivity index (χ0v) is 11.5. The van der Waals surface area contributed by atoms with Gasteiger partial charge in [-0.2, -0.15) is 0 Å². The first-order chi connectivity index (χ1) is 10.2. The number of carboxylic acid groups (broad SMARTS) is 1. The molecule has 21 heavy (non-hydrogen) atoms. The second kappa shape index (κ2) is 5.83. The smallest absolute Gasteiger partial charge is 0.334 e. The minimum atomic E-state index is -1.04. The molecule has 0 unspecified atom stereocenters. The highest BCUT2D eigenvalue weighted by atomic mass is 16.5. The van der Waals surface area contributed by atoms with Crippen LogP contribution in [0.1, 0.15) is 17.2 Å². The molecule has 2 atom stereocenters. The van der Waals surface area contributed by atoms with Crippen molar-refractivity contribution in [3.63, 3.8) is 0 Å². The van der Waals surface area contributed by atoms with Gasteiger partial charge in [0.05, 0.1) is 19.8 Å². The fourth-order valence-corrected chi connectivity index (χ4v) is 2.76. The first-order valence-electron chi connectivity index (χ1n) is 6.99. The fraction of sp³-hybridized carbons (Fsp3) is 0.467. The van der Waals surface area contributed by atoms with Gasteiger partial charge in [-0.25, -0.2) is 4.79 Å². The van der Waals surface area contributed by atoms with E-state index in [0.29, 0.717) is 13.2 Å². The molecule has 2 heterocycles. The van der Waals surface area contributed by atoms with E-state index in [0.717, 1.165) is 17.5 Å². The molecule has 0 spiro atoms. The van der Waals surface area contributed by atoms with Crippen LogP contribution in [-0.4, -0.2) is 54.3 Å². The summed E-state index contributed by atoms with van der Waals surface area (Å²) < 4.78 is 10.8. The van der Waals surface area contributed by atoms with Crippen LogP contribution in [-0.2, 0) is 25.5 Å². The van der Waals surface area contributed by atoms with E-state index in [-0.39, 0.29) is 19.1 Å². The van der Waals surface area contributed by atoms with Gasteiger partial charge in [0.1, 0.15) is 0 Å². The average Bonchev–Trinajstić information content (AvgIpc) is 2.53. The van der Waals surface area contributed by atoms with E-state index in [1.54, 1.807) is 0 Å². The summed E-state index contributed by atoms with van der Waals surface area (Å²) in [6.07, 6.45) is -0.801. The molecule has 6 heteroatoms. The Morgan fingerprint density at radius 2 is 2.00 bits per heavy atom. The number of morpholine rings is 1. The van der Waals surface area contributed by atoms with Crippen molar-refractivity contribution in [1.29, 1.82) is 0 Å². The molecule has 6 nitrogen and oxygen atoms in total. The quantitative estimate of drug-likeness (QED) is 0.864. The lowest BCUT2D eigenvalue weighted by Crippen LogP contribution is -2.50. The molecule has 0 aromatic heterocycles. The summed E-state index contributed by atoms with van der Waals surface area (Å²) in [5.41, 5.74) is 2.00. The van der Waals surface area contributed by atoms with Gasteiger partial charge in [0.2, 0.25) is 0 Å². The van der Waals surface area contributed by atoms with E-state index in [9.17, 15) is 9.59 Å². The molecule has 2 aliphatic heterocycles. The molecule has 112 valence electrons. The molecule has 1 aromatic carbocycles. The molecular formula is C15H17NO5. The molecule has 0 radical (unpaired) electrons. The van der Waals surface area contributed by atoms with Gasteiger partial charge in [0, 0.05) is 6.54 Å². The Morgan fingerprint density at radius 3 is 2.81 bits per heavy atom. The monoisotopic (exact) mass is 291 g/mol. The van der Waals surface area contributed by atoms with Crippen molar-refractivity contribution in [3.8, 4) is 0 Å². The van der Waals surface area contributed by atoms with Gasteiger partial charge in [-0.1, -0.05) is 24.3 Å². The number of hydrogen-bond donors (Lipinski definition) is 1. The second-order valence-corrected chi connectivity index (χ2v) is 5.18. The van der Waals surface area contributed by atoms with E-state index in [1.807, 2.05) is 24.3 Å². The maximum atomic E-state index is 12.6. The summed E-state index contributed by atoms with van der Waals surface area (Å²) in [4.78, 5) is 25.2. The van der Waals surface area contributed by atoms with Crippen LogP contribution in [0.4, 0.5) is 0 Å². The molecule has 1 fully saturated rings. The Hall–Kier alpha value is -1.92. The minimum absolute atomic E-state index is 0.0657. The third kappa shape index (κ3) is 2.77. The van der Waals surface area contributed by atoms with Crippen molar-refractivity contribution >= 4 is 11.9 Å². The van der Waals surface area contributed by atoms with Crippen LogP contribution >= 0.6 is 0 Å². The van der Waals surface area contributed by atoms with Crippen LogP contribution in [0.3, 0.4) is 0 Å². The number of carboxylic acids is 1. The summed E-state index contributed by atoms with van der Waals surface area (Å²) in [5, 5.41) is 9.01. The number of fused-ring (bicyclic) bond motifs is 1. The fourth-order valence-electron chi connectivity index (χ4n) is 2.76. The first kappa shape index (κ1) is 14.0. The van der Waals surface area contributed by atoms with Gasteiger partial charge < -0.3 is 19.5 Å². The minimum Gasteiger partial charge on any atom is -0.479 e. The number of amides is 1. The van der Waals surface area contributed by atoms with Gasteiger partial charge in [-0.15, -0.1) is 0 Å². The van der Waals surface area contributed by atoms with Crippen LogP contribution < -0.4 is 0 Å². The Balaban J connectivity index is 1.78. The molecular weight excluding hydrogens is 274 g/mol. The van der Waals surface area contributed by atoms with Crippen LogP contribution in [0.25, 0.3) is 0 Å². The number of aliphatic carboxylic acids is 1. The lowest BCUT2D eigenvalue weighted by molar-refractivity contribution is -0.164. The number of benzene rings is 1. The Bertz CT molecular complexity index is 559. The van der Waals surface area contributed by atoms with Gasteiger partial charge >= 0.3 is 5.97 Å². The number of carbonyl (C=O) groups is 2. The van der Waals surface area contributed by atoms with E-state index >= 15 is 0 Å². The number of hydrogen-bond acceptors (Lipinski definition) is 4. The molecule has 0 aliphatic carbocycles. The molecule has 0 saturated carbocycles. The third-order valence-corrected chi connectivity index (χ3v) is 3.87. The zero-order chi connectivity index (χ0) is 14.8. The maximum absolute atomic E-state index is 12.6. The van der Waals surface area contributed by atoms with Crippen molar-refractivity contribution < 1.29 is 24.2 Å². The normalized spacial score (nSPS) is 25.2. The predicted molar refractivity (Wildman–Crippen MR) is 72.8 cm³/mol. The molecule has 2 aliphatic rings. The molecule has 3 rings (SSSR count). The number of ether oxygens (including phenoxy) is 2. The van der Waals surface area contributed by atoms with Crippen molar-refractivity contribution in [3.05, 3.63) is 35.4 Å². The Labute approximate surface area is 122 Å². The van der Waals surface area contributed by atoms with Gasteiger partial charge in [-0.3, -0.25) is 4.79 Å². The largest absolute Gasteiger partial charge is 0.479 e. The Kier molecular flexibility index (Phi) is 3.90. The zero-order valence-electron chi connectivity index (χ0n) is 11.5. The molecule has 1 amide bonds. The second-order valence-electron chi connectivity index (χ2n) is 5.18. The summed E-state index contributed by atoms with van der Waals surface area (Å²) >= 11 is 0. The summed E-state index contributed by atoms with van der Waals surface area (Å²) in [5.74, 6) is -1.23. The van der Waals surface area contributed by atoms with E-state index in [4.69, 9.17) is 14.6 Å². The van der Waals surface area contributed by atoms with Crippen molar-refractivity contribution in [2.45, 2.75) is 18.6 Å².